The van der Waals surface area contributed by atoms with E-state index in [0.717, 1.165) is 5.39 Å². The summed E-state index contributed by atoms with van der Waals surface area (Å²) in [5, 5.41) is 11.2. The Morgan fingerprint density at radius 2 is 2.06 bits per heavy atom. The van der Waals surface area contributed by atoms with E-state index >= 15 is 0 Å². The Morgan fingerprint density at radius 3 is 2.78 bits per heavy atom. The number of benzene rings is 1. The summed E-state index contributed by atoms with van der Waals surface area (Å²) in [6.45, 7) is 1.64. The Bertz CT molecular complexity index is 562. The number of hydrogen-bond acceptors (Lipinski definition) is 4. The van der Waals surface area contributed by atoms with Gasteiger partial charge < -0.3 is 9.84 Å². The molecule has 1 N–H and O–H groups in total. The van der Waals surface area contributed by atoms with E-state index in [2.05, 4.69) is 9.72 Å². The Kier molecular flexibility index (Phi) is 3.58. The molecule has 2 rings (SSSR count). The molecule has 0 aliphatic heterocycles. The quantitative estimate of drug-likeness (QED) is 0.841. The van der Waals surface area contributed by atoms with Crippen LogP contribution in [0, 0.1) is 5.92 Å². The number of hydrogen-bond donors (Lipinski definition) is 1. The molecular formula is C14H15NO3. The molecule has 4 nitrogen and oxygen atoms in total. The average molecular weight is 245 g/mol. The molecule has 0 saturated heterocycles. The number of esters is 1. The maximum Gasteiger partial charge on any atom is 0.311 e. The largest absolute Gasteiger partial charge is 0.469 e. The predicted molar refractivity (Wildman–Crippen MR) is 67.9 cm³/mol. The third-order valence-electron chi connectivity index (χ3n) is 3.03. The predicted octanol–water partition coefficient (Wildman–Crippen LogP) is 2.08. The van der Waals surface area contributed by atoms with E-state index in [1.807, 2.05) is 24.3 Å². The molecule has 0 spiro atoms. The first-order chi connectivity index (χ1) is 8.65. The topological polar surface area (TPSA) is 59.4 Å². The van der Waals surface area contributed by atoms with Gasteiger partial charge in [-0.05, 0) is 13.0 Å². The van der Waals surface area contributed by atoms with E-state index in [1.165, 1.54) is 7.11 Å². The number of methoxy groups -OCH3 is 1. The molecule has 1 aromatic carbocycles. The minimum absolute atomic E-state index is 0.435. The molecule has 2 atom stereocenters. The molecule has 4 heteroatoms. The molecule has 2 unspecified atom stereocenters. The maximum absolute atomic E-state index is 11.5. The fourth-order valence-electron chi connectivity index (χ4n) is 1.95. The number of rotatable bonds is 3. The number of carbonyl (C=O) groups is 1. The lowest BCUT2D eigenvalue weighted by molar-refractivity contribution is -0.148. The SMILES string of the molecule is COC(=O)C(C)C(O)c1cccc2cccnc12. The number of ether oxygens (including phenoxy) is 1. The lowest BCUT2D eigenvalue weighted by Crippen LogP contribution is -2.20. The number of pyridine rings is 1. The van der Waals surface area contributed by atoms with Gasteiger partial charge in [0.15, 0.2) is 0 Å². The van der Waals surface area contributed by atoms with E-state index in [0.29, 0.717) is 11.1 Å². The summed E-state index contributed by atoms with van der Waals surface area (Å²) >= 11 is 0. The van der Waals surface area contributed by atoms with Crippen LogP contribution in [0.25, 0.3) is 10.9 Å². The van der Waals surface area contributed by atoms with Crippen LogP contribution in [-0.2, 0) is 9.53 Å². The first-order valence-electron chi connectivity index (χ1n) is 5.74. The van der Waals surface area contributed by atoms with Gasteiger partial charge in [0.05, 0.1) is 24.6 Å². The summed E-state index contributed by atoms with van der Waals surface area (Å²) in [7, 11) is 1.31. The smallest absolute Gasteiger partial charge is 0.311 e. The first-order valence-corrected chi connectivity index (χ1v) is 5.74. The molecule has 94 valence electrons. The normalized spacial score (nSPS) is 14.2. The Morgan fingerprint density at radius 1 is 1.33 bits per heavy atom. The minimum atomic E-state index is -0.920. The van der Waals surface area contributed by atoms with Crippen LogP contribution in [0.15, 0.2) is 36.5 Å². The number of nitrogens with zero attached hydrogens (tertiary/aromatic N) is 1. The molecule has 0 amide bonds. The zero-order valence-corrected chi connectivity index (χ0v) is 10.3. The number of aliphatic hydroxyl groups is 1. The van der Waals surface area contributed by atoms with Crippen molar-refractivity contribution in [3.63, 3.8) is 0 Å². The van der Waals surface area contributed by atoms with Crippen LogP contribution in [-0.4, -0.2) is 23.2 Å². The Balaban J connectivity index is 2.44. The molecule has 0 saturated carbocycles. The summed E-state index contributed by atoms with van der Waals surface area (Å²) in [4.78, 5) is 15.7. The van der Waals surface area contributed by atoms with Gasteiger partial charge >= 0.3 is 5.97 Å². The second-order valence-electron chi connectivity index (χ2n) is 4.18. The molecule has 0 fully saturated rings. The fourth-order valence-corrected chi connectivity index (χ4v) is 1.95. The van der Waals surface area contributed by atoms with Crippen molar-refractivity contribution in [2.75, 3.05) is 7.11 Å². The third kappa shape index (κ3) is 2.19. The number of aromatic nitrogens is 1. The molecule has 0 radical (unpaired) electrons. The monoisotopic (exact) mass is 245 g/mol. The van der Waals surface area contributed by atoms with Crippen LogP contribution in [0.5, 0.6) is 0 Å². The molecule has 1 heterocycles. The van der Waals surface area contributed by atoms with Crippen molar-refractivity contribution < 1.29 is 14.6 Å². The highest BCUT2D eigenvalue weighted by atomic mass is 16.5. The summed E-state index contributed by atoms with van der Waals surface area (Å²) < 4.78 is 4.65. The van der Waals surface area contributed by atoms with Gasteiger partial charge in [0.2, 0.25) is 0 Å². The van der Waals surface area contributed by atoms with E-state index in [-0.39, 0.29) is 0 Å². The van der Waals surface area contributed by atoms with Gasteiger partial charge in [0, 0.05) is 17.1 Å². The van der Waals surface area contributed by atoms with Gasteiger partial charge in [0.1, 0.15) is 0 Å². The Hall–Kier alpha value is -1.94. The van der Waals surface area contributed by atoms with Crippen LogP contribution >= 0.6 is 0 Å². The van der Waals surface area contributed by atoms with Gasteiger partial charge in [0.25, 0.3) is 0 Å². The van der Waals surface area contributed by atoms with Crippen LogP contribution in [0.2, 0.25) is 0 Å². The summed E-state index contributed by atoms with van der Waals surface area (Å²) in [5.41, 5.74) is 1.36. The Labute approximate surface area is 105 Å². The molecule has 18 heavy (non-hydrogen) atoms. The zero-order valence-electron chi connectivity index (χ0n) is 10.3. The van der Waals surface area contributed by atoms with Gasteiger partial charge in [-0.1, -0.05) is 24.3 Å². The molecule has 2 aromatic rings. The first kappa shape index (κ1) is 12.5. The second-order valence-corrected chi connectivity index (χ2v) is 4.18. The van der Waals surface area contributed by atoms with Crippen molar-refractivity contribution in [1.82, 2.24) is 4.98 Å². The van der Waals surface area contributed by atoms with Crippen LogP contribution in [0.4, 0.5) is 0 Å². The van der Waals surface area contributed by atoms with Gasteiger partial charge in [-0.3, -0.25) is 9.78 Å². The van der Waals surface area contributed by atoms with Crippen molar-refractivity contribution in [2.45, 2.75) is 13.0 Å². The number of carbonyl (C=O) groups excluding carboxylic acids is 1. The van der Waals surface area contributed by atoms with Crippen molar-refractivity contribution in [1.29, 1.82) is 0 Å². The van der Waals surface area contributed by atoms with E-state index in [1.54, 1.807) is 19.2 Å². The van der Waals surface area contributed by atoms with Crippen molar-refractivity contribution in [2.24, 2.45) is 5.92 Å². The molecule has 0 aliphatic carbocycles. The highest BCUT2D eigenvalue weighted by molar-refractivity contribution is 5.83. The van der Waals surface area contributed by atoms with Gasteiger partial charge in [-0.15, -0.1) is 0 Å². The standard InChI is InChI=1S/C14H15NO3/c1-9(14(17)18-2)13(16)11-7-3-5-10-6-4-8-15-12(10)11/h3-9,13,16H,1-2H3. The summed E-state index contributed by atoms with van der Waals surface area (Å²) in [6.07, 6.45) is 0.748. The van der Waals surface area contributed by atoms with Crippen LogP contribution in [0.3, 0.4) is 0 Å². The van der Waals surface area contributed by atoms with Gasteiger partial charge in [-0.2, -0.15) is 0 Å². The highest BCUT2D eigenvalue weighted by Gasteiger charge is 2.25. The van der Waals surface area contributed by atoms with E-state index < -0.39 is 18.0 Å². The van der Waals surface area contributed by atoms with E-state index in [9.17, 15) is 9.90 Å². The lowest BCUT2D eigenvalue weighted by atomic mass is 9.95. The van der Waals surface area contributed by atoms with Gasteiger partial charge in [-0.25, -0.2) is 0 Å². The average Bonchev–Trinajstić information content (AvgIpc) is 2.44. The molecule has 1 aromatic heterocycles. The fraction of sp³-hybridized carbons (Fsp3) is 0.286. The number of para-hydroxylation sites is 1. The molecule has 0 bridgehead atoms. The third-order valence-corrected chi connectivity index (χ3v) is 3.03. The van der Waals surface area contributed by atoms with E-state index in [4.69, 9.17) is 0 Å². The highest BCUT2D eigenvalue weighted by Crippen LogP contribution is 2.28. The van der Waals surface area contributed by atoms with Crippen molar-refractivity contribution in [3.8, 4) is 0 Å². The second kappa shape index (κ2) is 5.14. The summed E-state index contributed by atoms with van der Waals surface area (Å²) in [6, 6.07) is 9.29. The van der Waals surface area contributed by atoms with Crippen LogP contribution < -0.4 is 0 Å². The number of aliphatic hydroxyl groups excluding tert-OH is 1. The maximum atomic E-state index is 11.5. The molecular weight excluding hydrogens is 230 g/mol. The van der Waals surface area contributed by atoms with Crippen LogP contribution in [0.1, 0.15) is 18.6 Å². The zero-order chi connectivity index (χ0) is 13.1. The minimum Gasteiger partial charge on any atom is -0.469 e. The van der Waals surface area contributed by atoms with Crippen molar-refractivity contribution >= 4 is 16.9 Å². The molecule has 0 aliphatic rings. The van der Waals surface area contributed by atoms with Crippen molar-refractivity contribution in [3.05, 3.63) is 42.1 Å². The number of fused-ring (bicyclic) bond motifs is 1. The lowest BCUT2D eigenvalue weighted by Gasteiger charge is -2.18. The summed E-state index contributed by atoms with van der Waals surface area (Å²) in [5.74, 6) is -1.06.